The lowest BCUT2D eigenvalue weighted by Gasteiger charge is -2.43. The molecule has 0 saturated carbocycles. The molecule has 0 radical (unpaired) electrons. The van der Waals surface area contributed by atoms with Crippen LogP contribution in [0.1, 0.15) is 36.1 Å². The van der Waals surface area contributed by atoms with E-state index in [2.05, 4.69) is 9.50 Å². The number of hydrogen-bond acceptors (Lipinski definition) is 6. The molecule has 0 aromatic heterocycles. The Kier molecular flexibility index (Phi) is 8.77. The summed E-state index contributed by atoms with van der Waals surface area (Å²) in [6.07, 6.45) is -4.61. The summed E-state index contributed by atoms with van der Waals surface area (Å²) in [5, 5.41) is 2.94. The lowest BCUT2D eigenvalue weighted by atomic mass is 9.84. The Morgan fingerprint density at radius 2 is 1.66 bits per heavy atom. The highest BCUT2D eigenvalue weighted by Crippen LogP contribution is 2.43. The average Bonchev–Trinajstić information content (AvgIpc) is 2.80. The minimum Gasteiger partial charge on any atom is -0.380 e. The van der Waals surface area contributed by atoms with Gasteiger partial charge in [-0.1, -0.05) is 6.07 Å². The summed E-state index contributed by atoms with van der Waals surface area (Å²) in [5.74, 6) is -3.06. The largest absolute Gasteiger partial charge is 0.534 e. The molecule has 228 valence electrons. The molecule has 0 aliphatic carbocycles. The molecule has 6 nitrogen and oxygen atoms in total. The van der Waals surface area contributed by atoms with Gasteiger partial charge >= 0.3 is 21.8 Å². The highest BCUT2D eigenvalue weighted by atomic mass is 32.2. The number of anilines is 1. The third kappa shape index (κ3) is 7.02. The number of hydrogen-bond donors (Lipinski definition) is 1. The number of benzene rings is 2. The first-order valence-electron chi connectivity index (χ1n) is 12.5. The molecule has 0 amide bonds. The van der Waals surface area contributed by atoms with Crippen molar-refractivity contribution in [1.29, 1.82) is 0 Å². The summed E-state index contributed by atoms with van der Waals surface area (Å²) in [6.45, 7) is 0.868. The van der Waals surface area contributed by atoms with Crippen LogP contribution in [0, 0.1) is 11.6 Å². The van der Waals surface area contributed by atoms with E-state index in [9.17, 15) is 39.2 Å². The molecule has 2 heterocycles. The molecule has 2 aromatic carbocycles. The third-order valence-corrected chi connectivity index (χ3v) is 7.94. The highest BCUT2D eigenvalue weighted by Gasteiger charge is 2.49. The molecule has 1 saturated heterocycles. The van der Waals surface area contributed by atoms with Gasteiger partial charge in [-0.15, -0.1) is 0 Å². The maximum Gasteiger partial charge on any atom is 0.534 e. The van der Waals surface area contributed by atoms with Crippen LogP contribution in [0.15, 0.2) is 30.3 Å². The summed E-state index contributed by atoms with van der Waals surface area (Å²) in [4.78, 5) is 2.77. The number of nitrogens with zero attached hydrogens (tertiary/aromatic N) is 2. The van der Waals surface area contributed by atoms with Gasteiger partial charge in [0, 0.05) is 36.9 Å². The molecule has 1 fully saturated rings. The van der Waals surface area contributed by atoms with Gasteiger partial charge in [0.1, 0.15) is 17.4 Å². The topological polar surface area (TPSA) is 61.9 Å². The Labute approximate surface area is 230 Å². The maximum absolute atomic E-state index is 15.5. The predicted octanol–water partition coefficient (Wildman–Crippen LogP) is 5.55. The third-order valence-electron chi connectivity index (χ3n) is 6.96. The molecular formula is C25H26F9N3O3S. The summed E-state index contributed by atoms with van der Waals surface area (Å²) in [6, 6.07) is 1.76. The monoisotopic (exact) mass is 619 g/mol. The smallest absolute Gasteiger partial charge is 0.380 e. The first kappa shape index (κ1) is 31.2. The number of likely N-dealkylation sites (tertiary alicyclic amines) is 1. The number of nitrogens with one attached hydrogen (secondary N) is 1. The van der Waals surface area contributed by atoms with Crippen LogP contribution < -0.4 is 9.50 Å². The lowest BCUT2D eigenvalue weighted by Crippen LogP contribution is -2.54. The van der Waals surface area contributed by atoms with Crippen LogP contribution in [0.25, 0.3) is 0 Å². The van der Waals surface area contributed by atoms with Gasteiger partial charge in [-0.05, 0) is 55.2 Å². The fourth-order valence-corrected chi connectivity index (χ4v) is 5.64. The molecule has 41 heavy (non-hydrogen) atoms. The number of fused-ring (bicyclic) bond motifs is 1. The van der Waals surface area contributed by atoms with Gasteiger partial charge in [-0.25, -0.2) is 8.78 Å². The Bertz CT molecular complexity index is 1340. The SMILES string of the molecule is C[C@@H]1Cc2cc(OS(=O)(=O)C(F)(F)F)ccc2[C@@H](c2c(F)cc(NC3CN(CCCF)C3)cc2F)N1CC(F)(F)F. The van der Waals surface area contributed by atoms with Gasteiger partial charge in [0.15, 0.2) is 0 Å². The Hall–Kier alpha value is -2.72. The first-order chi connectivity index (χ1) is 19.0. The average molecular weight is 620 g/mol. The highest BCUT2D eigenvalue weighted by molar-refractivity contribution is 7.88. The molecule has 0 spiro atoms. The van der Waals surface area contributed by atoms with Crippen molar-refractivity contribution >= 4 is 15.8 Å². The van der Waals surface area contributed by atoms with Crippen molar-refractivity contribution in [3.8, 4) is 5.75 Å². The van der Waals surface area contributed by atoms with Gasteiger partial charge in [-0.3, -0.25) is 14.2 Å². The molecule has 2 aromatic rings. The van der Waals surface area contributed by atoms with Crippen LogP contribution >= 0.6 is 0 Å². The zero-order valence-electron chi connectivity index (χ0n) is 21.5. The summed E-state index contributed by atoms with van der Waals surface area (Å²) in [7, 11) is -6.03. The Morgan fingerprint density at radius 1 is 1.02 bits per heavy atom. The molecule has 16 heteroatoms. The molecule has 0 bridgehead atoms. The molecule has 2 atom stereocenters. The van der Waals surface area contributed by atoms with Crippen molar-refractivity contribution in [2.24, 2.45) is 0 Å². The van der Waals surface area contributed by atoms with Gasteiger partial charge in [0.2, 0.25) is 0 Å². The molecule has 1 N–H and O–H groups in total. The van der Waals surface area contributed by atoms with Crippen molar-refractivity contribution in [3.05, 3.63) is 58.7 Å². The summed E-state index contributed by atoms with van der Waals surface area (Å²) >= 11 is 0. The normalized spacial score (nSPS) is 20.9. The van der Waals surface area contributed by atoms with Crippen LogP contribution in [0.5, 0.6) is 5.75 Å². The molecule has 0 unspecified atom stereocenters. The van der Waals surface area contributed by atoms with Crippen LogP contribution in [0.2, 0.25) is 0 Å². The van der Waals surface area contributed by atoms with Gasteiger partial charge in [-0.2, -0.15) is 34.8 Å². The molecular weight excluding hydrogens is 593 g/mol. The number of halogens is 9. The van der Waals surface area contributed by atoms with Crippen molar-refractivity contribution in [2.45, 2.75) is 49.6 Å². The van der Waals surface area contributed by atoms with E-state index in [4.69, 9.17) is 0 Å². The van der Waals surface area contributed by atoms with E-state index in [-0.39, 0.29) is 29.3 Å². The van der Waals surface area contributed by atoms with E-state index < -0.39 is 70.1 Å². The van der Waals surface area contributed by atoms with Crippen LogP contribution in [0.4, 0.5) is 45.2 Å². The standard InChI is InChI=1S/C25H26F9N3O3S/c1-14-7-15-8-18(40-41(38,39)25(32,33)34)3-4-19(15)23(37(14)13-24(29,30)31)22-20(27)9-16(10-21(22)28)35-17-11-36(12-17)6-2-5-26/h3-4,8-10,14,17,23,35H,2,5-7,11-13H2,1H3/t14-,23+/m1/s1. The zero-order valence-corrected chi connectivity index (χ0v) is 22.3. The summed E-state index contributed by atoms with van der Waals surface area (Å²) < 4.78 is 149. The second-order valence-corrected chi connectivity index (χ2v) is 11.6. The number of alkyl halides is 7. The van der Waals surface area contributed by atoms with Crippen molar-refractivity contribution < 1.29 is 52.1 Å². The lowest BCUT2D eigenvalue weighted by molar-refractivity contribution is -0.155. The zero-order chi connectivity index (χ0) is 30.3. The fraction of sp³-hybridized carbons (Fsp3) is 0.520. The molecule has 4 rings (SSSR count). The van der Waals surface area contributed by atoms with Crippen LogP contribution in [-0.4, -0.2) is 74.8 Å². The van der Waals surface area contributed by atoms with E-state index >= 15 is 8.78 Å². The number of rotatable bonds is 9. The first-order valence-corrected chi connectivity index (χ1v) is 13.9. The van der Waals surface area contributed by atoms with Gasteiger partial charge in [0.05, 0.1) is 25.3 Å². The van der Waals surface area contributed by atoms with E-state index in [1.165, 1.54) is 6.92 Å². The van der Waals surface area contributed by atoms with Gasteiger partial charge < -0.3 is 9.50 Å². The van der Waals surface area contributed by atoms with E-state index in [1.807, 2.05) is 4.90 Å². The minimum absolute atomic E-state index is 0.0476. The van der Waals surface area contributed by atoms with Crippen LogP contribution in [-0.2, 0) is 16.5 Å². The quantitative estimate of drug-likeness (QED) is 0.226. The van der Waals surface area contributed by atoms with Crippen molar-refractivity contribution in [3.63, 3.8) is 0 Å². The predicted molar refractivity (Wildman–Crippen MR) is 131 cm³/mol. The molecule has 2 aliphatic heterocycles. The van der Waals surface area contributed by atoms with E-state index in [0.717, 1.165) is 35.2 Å². The van der Waals surface area contributed by atoms with Crippen molar-refractivity contribution in [1.82, 2.24) is 9.80 Å². The Balaban J connectivity index is 1.68. The molecule has 2 aliphatic rings. The Morgan fingerprint density at radius 3 is 2.22 bits per heavy atom. The van der Waals surface area contributed by atoms with Crippen LogP contribution in [0.3, 0.4) is 0 Å². The minimum atomic E-state index is -6.03. The maximum atomic E-state index is 15.5. The van der Waals surface area contributed by atoms with Gasteiger partial charge in [0.25, 0.3) is 0 Å². The second kappa shape index (κ2) is 11.5. The van der Waals surface area contributed by atoms with Crippen molar-refractivity contribution in [2.75, 3.05) is 38.2 Å². The van der Waals surface area contributed by atoms with E-state index in [1.54, 1.807) is 0 Å². The fourth-order valence-electron chi connectivity index (χ4n) is 5.19. The second-order valence-electron chi connectivity index (χ2n) is 10.1. The van der Waals surface area contributed by atoms with E-state index in [0.29, 0.717) is 26.1 Å². The summed E-state index contributed by atoms with van der Waals surface area (Å²) in [5.41, 5.74) is -6.37.